The van der Waals surface area contributed by atoms with Crippen molar-refractivity contribution in [2.24, 2.45) is 5.92 Å². The lowest BCUT2D eigenvalue weighted by molar-refractivity contribution is 0.382. The molecule has 0 unspecified atom stereocenters. The highest BCUT2D eigenvalue weighted by Crippen LogP contribution is 2.39. The molecule has 3 aromatic rings. The molecule has 138 valence electrons. The number of hydrogen-bond acceptors (Lipinski definition) is 6. The van der Waals surface area contributed by atoms with E-state index in [0.717, 1.165) is 12.1 Å². The number of benzene rings is 1. The summed E-state index contributed by atoms with van der Waals surface area (Å²) in [4.78, 5) is 8.29. The van der Waals surface area contributed by atoms with Gasteiger partial charge in [0.25, 0.3) is 5.78 Å². The van der Waals surface area contributed by atoms with E-state index in [-0.39, 0.29) is 28.5 Å². The van der Waals surface area contributed by atoms with Crippen LogP contribution in [0.25, 0.3) is 16.9 Å². The zero-order chi connectivity index (χ0) is 18.8. The normalized spacial score (nSPS) is 11.2. The van der Waals surface area contributed by atoms with Gasteiger partial charge in [-0.3, -0.25) is 0 Å². The van der Waals surface area contributed by atoms with Gasteiger partial charge in [-0.25, -0.2) is 8.78 Å². The fourth-order valence-corrected chi connectivity index (χ4v) is 2.55. The van der Waals surface area contributed by atoms with Crippen molar-refractivity contribution >= 4 is 11.6 Å². The van der Waals surface area contributed by atoms with E-state index in [9.17, 15) is 8.78 Å². The molecule has 0 radical (unpaired) electrons. The molecule has 9 heteroatoms. The first-order valence-electron chi connectivity index (χ1n) is 8.01. The topological polar surface area (TPSA) is 73.6 Å². The second-order valence-corrected chi connectivity index (χ2v) is 6.06. The average molecular weight is 363 g/mol. The standard InChI is InChI=1S/C17H19F2N5O2/c1-9(2)7-20-15-14(10-5-12(19)13(25-3)6-11(10)18)16(26-4)23-17-21-8-22-24(15)17/h5-6,8-9,20H,7H2,1-4H3. The third kappa shape index (κ3) is 3.12. The summed E-state index contributed by atoms with van der Waals surface area (Å²) in [5.41, 5.74) is 0.238. The molecular weight excluding hydrogens is 344 g/mol. The van der Waals surface area contributed by atoms with Crippen LogP contribution in [-0.2, 0) is 0 Å². The van der Waals surface area contributed by atoms with Crippen molar-refractivity contribution in [3.05, 3.63) is 30.1 Å². The van der Waals surface area contributed by atoms with Crippen molar-refractivity contribution in [3.8, 4) is 22.8 Å². The lowest BCUT2D eigenvalue weighted by Crippen LogP contribution is -2.14. The van der Waals surface area contributed by atoms with E-state index in [1.807, 2.05) is 13.8 Å². The van der Waals surface area contributed by atoms with E-state index in [2.05, 4.69) is 20.4 Å². The minimum Gasteiger partial charge on any atom is -0.494 e. The van der Waals surface area contributed by atoms with Crippen LogP contribution in [0.1, 0.15) is 13.8 Å². The van der Waals surface area contributed by atoms with Crippen molar-refractivity contribution in [3.63, 3.8) is 0 Å². The van der Waals surface area contributed by atoms with Gasteiger partial charge in [0.05, 0.1) is 19.8 Å². The number of rotatable bonds is 6. The monoisotopic (exact) mass is 363 g/mol. The van der Waals surface area contributed by atoms with Crippen LogP contribution in [0, 0.1) is 17.6 Å². The van der Waals surface area contributed by atoms with E-state index in [0.29, 0.717) is 18.3 Å². The lowest BCUT2D eigenvalue weighted by Gasteiger charge is -2.18. The number of methoxy groups -OCH3 is 2. The van der Waals surface area contributed by atoms with Gasteiger partial charge in [-0.1, -0.05) is 13.8 Å². The van der Waals surface area contributed by atoms with Crippen LogP contribution >= 0.6 is 0 Å². The molecule has 0 saturated carbocycles. The molecule has 1 N–H and O–H groups in total. The van der Waals surface area contributed by atoms with E-state index in [4.69, 9.17) is 9.47 Å². The van der Waals surface area contributed by atoms with Gasteiger partial charge in [-0.2, -0.15) is 19.6 Å². The summed E-state index contributed by atoms with van der Waals surface area (Å²) in [6.07, 6.45) is 1.33. The molecule has 2 heterocycles. The van der Waals surface area contributed by atoms with Gasteiger partial charge < -0.3 is 14.8 Å². The van der Waals surface area contributed by atoms with Crippen LogP contribution in [0.3, 0.4) is 0 Å². The molecule has 2 aromatic heterocycles. The molecule has 0 fully saturated rings. The summed E-state index contributed by atoms with van der Waals surface area (Å²) >= 11 is 0. The Morgan fingerprint density at radius 3 is 2.58 bits per heavy atom. The van der Waals surface area contributed by atoms with Gasteiger partial charge in [-0.15, -0.1) is 0 Å². The molecule has 0 aliphatic heterocycles. The number of anilines is 1. The molecule has 3 rings (SSSR count). The third-order valence-corrected chi connectivity index (χ3v) is 3.78. The summed E-state index contributed by atoms with van der Waals surface area (Å²) in [6.45, 7) is 4.63. The highest BCUT2D eigenvalue weighted by molar-refractivity contribution is 5.82. The minimum absolute atomic E-state index is 0.0173. The van der Waals surface area contributed by atoms with E-state index < -0.39 is 11.6 Å². The number of nitrogens with one attached hydrogen (secondary N) is 1. The van der Waals surface area contributed by atoms with Gasteiger partial charge >= 0.3 is 0 Å². The van der Waals surface area contributed by atoms with Gasteiger partial charge in [0.2, 0.25) is 5.88 Å². The Morgan fingerprint density at radius 1 is 1.15 bits per heavy atom. The average Bonchev–Trinajstić information content (AvgIpc) is 3.08. The van der Waals surface area contributed by atoms with Crippen LogP contribution in [0.5, 0.6) is 11.6 Å². The predicted octanol–water partition coefficient (Wildman–Crippen LogP) is 3.15. The van der Waals surface area contributed by atoms with Crippen molar-refractivity contribution in [2.45, 2.75) is 13.8 Å². The lowest BCUT2D eigenvalue weighted by atomic mass is 10.1. The van der Waals surface area contributed by atoms with Gasteiger partial charge in [0.1, 0.15) is 18.0 Å². The molecule has 0 saturated heterocycles. The number of hydrogen-bond donors (Lipinski definition) is 1. The molecule has 0 spiro atoms. The first-order valence-corrected chi connectivity index (χ1v) is 8.01. The number of fused-ring (bicyclic) bond motifs is 1. The van der Waals surface area contributed by atoms with Gasteiger partial charge in [0.15, 0.2) is 11.6 Å². The van der Waals surface area contributed by atoms with E-state index in [1.54, 1.807) is 0 Å². The first kappa shape index (κ1) is 17.8. The predicted molar refractivity (Wildman–Crippen MR) is 92.6 cm³/mol. The Hall–Kier alpha value is -2.97. The molecule has 7 nitrogen and oxygen atoms in total. The highest BCUT2D eigenvalue weighted by Gasteiger charge is 2.23. The molecule has 0 atom stereocenters. The summed E-state index contributed by atoms with van der Waals surface area (Å²) in [5.74, 6) is -0.433. The van der Waals surface area contributed by atoms with E-state index >= 15 is 0 Å². The number of ether oxygens (including phenoxy) is 2. The number of aromatic nitrogens is 4. The number of halogens is 2. The van der Waals surface area contributed by atoms with Crippen LogP contribution in [-0.4, -0.2) is 40.3 Å². The second kappa shape index (κ2) is 7.11. The maximum absolute atomic E-state index is 14.7. The largest absolute Gasteiger partial charge is 0.494 e. The van der Waals surface area contributed by atoms with Crippen LogP contribution < -0.4 is 14.8 Å². The number of nitrogens with zero attached hydrogens (tertiary/aromatic N) is 4. The Bertz CT molecular complexity index is 943. The molecular formula is C17H19F2N5O2. The van der Waals surface area contributed by atoms with Crippen molar-refractivity contribution in [1.29, 1.82) is 0 Å². The SMILES string of the molecule is COc1cc(F)c(-c2c(OC)nc3ncnn3c2NCC(C)C)cc1F. The minimum atomic E-state index is -0.695. The van der Waals surface area contributed by atoms with E-state index in [1.165, 1.54) is 25.1 Å². The molecule has 26 heavy (non-hydrogen) atoms. The Labute approximate surface area is 149 Å². The summed E-state index contributed by atoms with van der Waals surface area (Å²) in [7, 11) is 2.68. The maximum atomic E-state index is 14.7. The summed E-state index contributed by atoms with van der Waals surface area (Å²) in [6, 6.07) is 2.04. The second-order valence-electron chi connectivity index (χ2n) is 6.06. The van der Waals surface area contributed by atoms with Crippen molar-refractivity contribution in [2.75, 3.05) is 26.1 Å². The Morgan fingerprint density at radius 2 is 1.92 bits per heavy atom. The molecule has 0 aliphatic rings. The van der Waals surface area contributed by atoms with Crippen molar-refractivity contribution in [1.82, 2.24) is 19.6 Å². The van der Waals surface area contributed by atoms with Crippen LogP contribution in [0.15, 0.2) is 18.5 Å². The van der Waals surface area contributed by atoms with Crippen LogP contribution in [0.4, 0.5) is 14.6 Å². The summed E-state index contributed by atoms with van der Waals surface area (Å²) in [5, 5.41) is 7.34. The summed E-state index contributed by atoms with van der Waals surface area (Å²) < 4.78 is 40.6. The fraction of sp³-hybridized carbons (Fsp3) is 0.353. The van der Waals surface area contributed by atoms with Crippen molar-refractivity contribution < 1.29 is 18.3 Å². The fourth-order valence-electron chi connectivity index (χ4n) is 2.55. The third-order valence-electron chi connectivity index (χ3n) is 3.78. The Kier molecular flexibility index (Phi) is 4.88. The quantitative estimate of drug-likeness (QED) is 0.725. The van der Waals surface area contributed by atoms with Gasteiger partial charge in [0, 0.05) is 18.2 Å². The maximum Gasteiger partial charge on any atom is 0.257 e. The highest BCUT2D eigenvalue weighted by atomic mass is 19.1. The molecule has 0 amide bonds. The Balaban J connectivity index is 2.29. The van der Waals surface area contributed by atoms with Gasteiger partial charge in [-0.05, 0) is 12.0 Å². The zero-order valence-corrected chi connectivity index (χ0v) is 14.9. The first-order chi connectivity index (χ1) is 12.5. The van der Waals surface area contributed by atoms with Crippen LogP contribution in [0.2, 0.25) is 0 Å². The molecule has 1 aromatic carbocycles. The zero-order valence-electron chi connectivity index (χ0n) is 14.9. The smallest absolute Gasteiger partial charge is 0.257 e. The molecule has 0 aliphatic carbocycles. The molecule has 0 bridgehead atoms.